The van der Waals surface area contributed by atoms with Crippen molar-refractivity contribution in [1.29, 1.82) is 0 Å². The number of para-hydroxylation sites is 3. The van der Waals surface area contributed by atoms with Crippen molar-refractivity contribution in [3.05, 3.63) is 129 Å². The summed E-state index contributed by atoms with van der Waals surface area (Å²) in [5.74, 6) is 0. The van der Waals surface area contributed by atoms with E-state index in [0.29, 0.717) is 27.1 Å². The molecule has 8 aromatic rings. The summed E-state index contributed by atoms with van der Waals surface area (Å²) in [6.07, 6.45) is 0. The zero-order valence-electron chi connectivity index (χ0n) is 22.5. The minimum Gasteiger partial charge on any atom is -0.309 e. The molecule has 0 aliphatic rings. The first-order valence-electron chi connectivity index (χ1n) is 13.6. The summed E-state index contributed by atoms with van der Waals surface area (Å²) in [5.41, 5.74) is 6.09. The lowest BCUT2D eigenvalue weighted by molar-refractivity contribution is 0.591. The fourth-order valence-corrected chi connectivity index (χ4v) is 6.42. The summed E-state index contributed by atoms with van der Waals surface area (Å²) in [6.45, 7) is 6.34. The van der Waals surface area contributed by atoms with Crippen molar-refractivity contribution in [2.24, 2.45) is 0 Å². The van der Waals surface area contributed by atoms with Crippen LogP contribution in [0, 0.1) is 0 Å². The second-order valence-corrected chi connectivity index (χ2v) is 11.8. The Bertz CT molecular complexity index is 2400. The van der Waals surface area contributed by atoms with Crippen LogP contribution in [0.25, 0.3) is 65.6 Å². The fourth-order valence-electron chi connectivity index (χ4n) is 6.42. The number of aromatic nitrogens is 2. The fraction of sp³-hybridized carbons (Fsp3) is 0.111. The maximum Gasteiger partial charge on any atom is 0.197 e. The second kappa shape index (κ2) is 7.80. The smallest absolute Gasteiger partial charge is 0.197 e. The van der Waals surface area contributed by atoms with Crippen LogP contribution in [0.1, 0.15) is 26.3 Å². The molecular weight excluding hydrogens is 492 g/mol. The van der Waals surface area contributed by atoms with E-state index in [1.165, 1.54) is 10.8 Å². The van der Waals surface area contributed by atoms with Gasteiger partial charge in [0.25, 0.3) is 0 Å². The number of hydrogen-bond donors (Lipinski definition) is 0. The second-order valence-electron chi connectivity index (χ2n) is 11.8. The van der Waals surface area contributed by atoms with Crippen LogP contribution in [0.15, 0.2) is 113 Å². The number of hydrogen-bond acceptors (Lipinski definition) is 2. The third-order valence-electron chi connectivity index (χ3n) is 8.38. The van der Waals surface area contributed by atoms with Crippen molar-refractivity contribution in [3.8, 4) is 5.69 Å². The van der Waals surface area contributed by atoms with E-state index in [-0.39, 0.29) is 16.3 Å². The lowest BCUT2D eigenvalue weighted by Gasteiger charge is -2.22. The van der Waals surface area contributed by atoms with Crippen LogP contribution in [-0.4, -0.2) is 8.97 Å². The summed E-state index contributed by atoms with van der Waals surface area (Å²) in [6, 6.07) is 34.6. The predicted molar refractivity (Wildman–Crippen MR) is 167 cm³/mol. The highest BCUT2D eigenvalue weighted by atomic mass is 16.1. The van der Waals surface area contributed by atoms with Crippen molar-refractivity contribution in [2.75, 3.05) is 0 Å². The molecule has 0 radical (unpaired) electrons. The Kier molecular flexibility index (Phi) is 4.48. The molecule has 0 saturated carbocycles. The van der Waals surface area contributed by atoms with Gasteiger partial charge in [0, 0.05) is 38.0 Å². The van der Waals surface area contributed by atoms with E-state index in [1.807, 2.05) is 48.5 Å². The quantitative estimate of drug-likeness (QED) is 0.163. The molecule has 192 valence electrons. The Balaban J connectivity index is 1.59. The third kappa shape index (κ3) is 2.96. The molecule has 0 atom stereocenters. The van der Waals surface area contributed by atoms with Crippen molar-refractivity contribution in [1.82, 2.24) is 8.97 Å². The number of fused-ring (bicyclic) bond motifs is 7. The van der Waals surface area contributed by atoms with Gasteiger partial charge in [-0.05, 0) is 65.6 Å². The van der Waals surface area contributed by atoms with Gasteiger partial charge in [-0.3, -0.25) is 9.59 Å². The molecule has 0 N–H and O–H groups in total. The van der Waals surface area contributed by atoms with Crippen LogP contribution >= 0.6 is 0 Å². The van der Waals surface area contributed by atoms with Gasteiger partial charge in [0.15, 0.2) is 10.9 Å². The van der Waals surface area contributed by atoms with Crippen molar-refractivity contribution in [2.45, 2.75) is 26.2 Å². The first-order chi connectivity index (χ1) is 19.3. The maximum atomic E-state index is 14.3. The highest BCUT2D eigenvalue weighted by molar-refractivity contribution is 6.11. The maximum absolute atomic E-state index is 14.3. The summed E-state index contributed by atoms with van der Waals surface area (Å²) in [7, 11) is 0. The van der Waals surface area contributed by atoms with Gasteiger partial charge in [-0.25, -0.2) is 0 Å². The van der Waals surface area contributed by atoms with E-state index in [1.54, 1.807) is 0 Å². The van der Waals surface area contributed by atoms with Crippen LogP contribution in [-0.2, 0) is 5.41 Å². The molecule has 4 heteroatoms. The van der Waals surface area contributed by atoms with E-state index in [9.17, 15) is 9.59 Å². The van der Waals surface area contributed by atoms with Gasteiger partial charge in [0.05, 0.1) is 27.6 Å². The normalized spacial score (nSPS) is 12.6. The van der Waals surface area contributed by atoms with Crippen LogP contribution in [0.4, 0.5) is 0 Å². The number of nitrogens with zero attached hydrogens (tertiary/aromatic N) is 2. The molecule has 0 fully saturated rings. The van der Waals surface area contributed by atoms with E-state index in [0.717, 1.165) is 33.3 Å². The SMILES string of the molecule is CC(C)(C)c1cc2c(=O)c3ccccc3n3c4ccc(-n5c6ccccc6c6ccccc65)cc4c(=O)c(c1)c23. The minimum absolute atomic E-state index is 0.0349. The highest BCUT2D eigenvalue weighted by Crippen LogP contribution is 2.35. The average molecular weight is 519 g/mol. The minimum atomic E-state index is -0.223. The van der Waals surface area contributed by atoms with Crippen molar-refractivity contribution >= 4 is 59.9 Å². The highest BCUT2D eigenvalue weighted by Gasteiger charge is 2.22. The Morgan fingerprint density at radius 3 is 1.60 bits per heavy atom. The molecular formula is C36H26N2O2. The largest absolute Gasteiger partial charge is 0.309 e. The molecule has 8 rings (SSSR count). The summed E-state index contributed by atoms with van der Waals surface area (Å²) in [5, 5.41) is 4.81. The standard InChI is InChI=1S/C36H26N2O2/c1-36(2,3)21-18-27-33-28(19-21)35(40)26-20-22(16-17-32(26)38(33)31-15-9-6-12-25(31)34(27)39)37-29-13-7-4-10-23(29)24-11-5-8-14-30(24)37/h4-20H,1-3H3. The molecule has 0 aliphatic heterocycles. The first kappa shape index (κ1) is 23.0. The monoisotopic (exact) mass is 518 g/mol. The van der Waals surface area contributed by atoms with Gasteiger partial charge in [0.2, 0.25) is 0 Å². The molecule has 0 aliphatic carbocycles. The number of rotatable bonds is 1. The van der Waals surface area contributed by atoms with E-state index in [4.69, 9.17) is 0 Å². The molecule has 5 aromatic carbocycles. The predicted octanol–water partition coefficient (Wildman–Crippen LogP) is 7.95. The summed E-state index contributed by atoms with van der Waals surface area (Å²) < 4.78 is 4.35. The Hall–Kier alpha value is -4.96. The van der Waals surface area contributed by atoms with Crippen LogP contribution in [0.3, 0.4) is 0 Å². The number of pyridine rings is 2. The zero-order chi connectivity index (χ0) is 27.3. The Labute approximate surface area is 229 Å². The van der Waals surface area contributed by atoms with Crippen molar-refractivity contribution < 1.29 is 0 Å². The van der Waals surface area contributed by atoms with Crippen molar-refractivity contribution in [3.63, 3.8) is 0 Å². The Morgan fingerprint density at radius 2 is 1.00 bits per heavy atom. The van der Waals surface area contributed by atoms with Crippen LogP contribution < -0.4 is 10.9 Å². The van der Waals surface area contributed by atoms with Gasteiger partial charge >= 0.3 is 0 Å². The summed E-state index contributed by atoms with van der Waals surface area (Å²) in [4.78, 5) is 28.1. The summed E-state index contributed by atoms with van der Waals surface area (Å²) >= 11 is 0. The average Bonchev–Trinajstić information content (AvgIpc) is 3.30. The van der Waals surface area contributed by atoms with Crippen LogP contribution in [0.2, 0.25) is 0 Å². The zero-order valence-corrected chi connectivity index (χ0v) is 22.5. The molecule has 0 amide bonds. The van der Waals surface area contributed by atoms with Crippen LogP contribution in [0.5, 0.6) is 0 Å². The first-order valence-corrected chi connectivity index (χ1v) is 13.6. The van der Waals surface area contributed by atoms with Gasteiger partial charge in [-0.2, -0.15) is 0 Å². The molecule has 0 bridgehead atoms. The molecule has 0 saturated heterocycles. The van der Waals surface area contributed by atoms with Gasteiger partial charge in [-0.1, -0.05) is 69.3 Å². The lowest BCUT2D eigenvalue weighted by Crippen LogP contribution is -2.18. The van der Waals surface area contributed by atoms with E-state index in [2.05, 4.69) is 84.3 Å². The van der Waals surface area contributed by atoms with E-state index >= 15 is 0 Å². The Morgan fingerprint density at radius 1 is 0.500 bits per heavy atom. The molecule has 4 nitrogen and oxygen atoms in total. The number of benzene rings is 5. The molecule has 3 aromatic heterocycles. The topological polar surface area (TPSA) is 43.5 Å². The lowest BCUT2D eigenvalue weighted by atomic mass is 9.85. The van der Waals surface area contributed by atoms with Gasteiger partial charge in [-0.15, -0.1) is 0 Å². The molecule has 0 unspecified atom stereocenters. The molecule has 0 spiro atoms. The van der Waals surface area contributed by atoms with Gasteiger partial charge < -0.3 is 8.97 Å². The van der Waals surface area contributed by atoms with Gasteiger partial charge in [0.1, 0.15) is 0 Å². The van der Waals surface area contributed by atoms with E-state index < -0.39 is 0 Å². The molecule has 3 heterocycles. The third-order valence-corrected chi connectivity index (χ3v) is 8.38. The molecule has 40 heavy (non-hydrogen) atoms.